The van der Waals surface area contributed by atoms with Gasteiger partial charge in [-0.15, -0.1) is 0 Å². The fraction of sp³-hybridized carbons (Fsp3) is 1.00. The van der Waals surface area contributed by atoms with E-state index in [-0.39, 0.29) is 0 Å². The van der Waals surface area contributed by atoms with Crippen LogP contribution in [0.25, 0.3) is 0 Å². The van der Waals surface area contributed by atoms with Gasteiger partial charge < -0.3 is 10.2 Å². The third kappa shape index (κ3) is 4.97. The van der Waals surface area contributed by atoms with Crippen molar-refractivity contribution in [2.45, 2.75) is 60.4 Å². The molecule has 0 amide bonds. The zero-order chi connectivity index (χ0) is 13.1. The lowest BCUT2D eigenvalue weighted by Gasteiger charge is -2.33. The number of likely N-dealkylation sites (tertiary alicyclic amines) is 1. The molecule has 0 saturated carbocycles. The predicted octanol–water partition coefficient (Wildman–Crippen LogP) is 3.13. The molecule has 102 valence electrons. The van der Waals surface area contributed by atoms with Crippen LogP contribution in [0.3, 0.4) is 0 Å². The van der Waals surface area contributed by atoms with Crippen LogP contribution in [0.1, 0.15) is 54.4 Å². The zero-order valence-electron chi connectivity index (χ0n) is 12.8. The molecule has 0 spiro atoms. The number of hydrogen-bond acceptors (Lipinski definition) is 2. The van der Waals surface area contributed by atoms with E-state index in [4.69, 9.17) is 0 Å². The molecule has 0 aromatic rings. The normalized spacial score (nSPS) is 22.9. The Balaban J connectivity index is 2.37. The molecule has 0 radical (unpaired) electrons. The Bertz CT molecular complexity index is 228. The van der Waals surface area contributed by atoms with Crippen LogP contribution in [0.2, 0.25) is 0 Å². The third-order valence-corrected chi connectivity index (χ3v) is 3.99. The van der Waals surface area contributed by atoms with Crippen molar-refractivity contribution in [3.8, 4) is 0 Å². The maximum absolute atomic E-state index is 3.64. The highest BCUT2D eigenvalue weighted by molar-refractivity contribution is 4.85. The van der Waals surface area contributed by atoms with Crippen LogP contribution in [-0.2, 0) is 0 Å². The van der Waals surface area contributed by atoms with Crippen molar-refractivity contribution in [2.24, 2.45) is 10.8 Å². The first-order chi connectivity index (χ1) is 7.74. The highest BCUT2D eigenvalue weighted by Crippen LogP contribution is 2.29. The summed E-state index contributed by atoms with van der Waals surface area (Å²) in [7, 11) is 0. The van der Waals surface area contributed by atoms with E-state index in [1.165, 1.54) is 32.5 Å². The van der Waals surface area contributed by atoms with Gasteiger partial charge in [-0.1, -0.05) is 41.5 Å². The fourth-order valence-corrected chi connectivity index (χ4v) is 2.81. The van der Waals surface area contributed by atoms with Crippen molar-refractivity contribution in [2.75, 3.05) is 26.2 Å². The van der Waals surface area contributed by atoms with Gasteiger partial charge in [0.2, 0.25) is 0 Å². The van der Waals surface area contributed by atoms with E-state index < -0.39 is 0 Å². The Labute approximate surface area is 108 Å². The lowest BCUT2D eigenvalue weighted by atomic mass is 9.84. The molecular weight excluding hydrogens is 208 g/mol. The molecule has 1 aliphatic heterocycles. The second-order valence-corrected chi connectivity index (χ2v) is 7.46. The molecule has 1 unspecified atom stereocenters. The summed E-state index contributed by atoms with van der Waals surface area (Å²) >= 11 is 0. The molecule has 1 aliphatic rings. The molecule has 2 nitrogen and oxygen atoms in total. The van der Waals surface area contributed by atoms with Gasteiger partial charge in [-0.3, -0.25) is 0 Å². The molecule has 17 heavy (non-hydrogen) atoms. The second kappa shape index (κ2) is 5.71. The summed E-state index contributed by atoms with van der Waals surface area (Å²) in [5, 5.41) is 3.64. The van der Waals surface area contributed by atoms with Gasteiger partial charge >= 0.3 is 0 Å². The largest absolute Gasteiger partial charge is 0.314 e. The number of rotatable bonds is 5. The fourth-order valence-electron chi connectivity index (χ4n) is 2.81. The van der Waals surface area contributed by atoms with Crippen molar-refractivity contribution < 1.29 is 0 Å². The Morgan fingerprint density at radius 3 is 2.35 bits per heavy atom. The Morgan fingerprint density at radius 1 is 1.29 bits per heavy atom. The summed E-state index contributed by atoms with van der Waals surface area (Å²) in [6, 6.07) is 0.635. The summed E-state index contributed by atoms with van der Waals surface area (Å²) in [5.74, 6) is 0. The van der Waals surface area contributed by atoms with E-state index >= 15 is 0 Å². The standard InChI is InChI=1S/C15H32N2/c1-7-16-13(14(2,3)4)8-10-17-11-9-15(5,6)12-17/h13,16H,7-12H2,1-6H3. The minimum Gasteiger partial charge on any atom is -0.314 e. The molecule has 1 saturated heterocycles. The first kappa shape index (κ1) is 15.0. The summed E-state index contributed by atoms with van der Waals surface area (Å²) in [5.41, 5.74) is 0.903. The SMILES string of the molecule is CCNC(CCN1CCC(C)(C)C1)C(C)(C)C. The van der Waals surface area contributed by atoms with Crippen LogP contribution in [0.4, 0.5) is 0 Å². The van der Waals surface area contributed by atoms with Crippen LogP contribution in [0.15, 0.2) is 0 Å². The highest BCUT2D eigenvalue weighted by Gasteiger charge is 2.30. The second-order valence-electron chi connectivity index (χ2n) is 7.46. The zero-order valence-corrected chi connectivity index (χ0v) is 12.8. The first-order valence-corrected chi connectivity index (χ1v) is 7.20. The van der Waals surface area contributed by atoms with Crippen molar-refractivity contribution in [1.82, 2.24) is 10.2 Å². The molecule has 1 N–H and O–H groups in total. The van der Waals surface area contributed by atoms with E-state index in [0.717, 1.165) is 6.54 Å². The Morgan fingerprint density at radius 2 is 1.94 bits per heavy atom. The minimum atomic E-state index is 0.366. The third-order valence-electron chi connectivity index (χ3n) is 3.99. The Hall–Kier alpha value is -0.0800. The maximum atomic E-state index is 3.64. The quantitative estimate of drug-likeness (QED) is 0.794. The molecule has 0 aliphatic carbocycles. The molecular formula is C15H32N2. The van der Waals surface area contributed by atoms with Crippen LogP contribution < -0.4 is 5.32 Å². The topological polar surface area (TPSA) is 15.3 Å². The van der Waals surface area contributed by atoms with Crippen molar-refractivity contribution in [1.29, 1.82) is 0 Å². The maximum Gasteiger partial charge on any atom is 0.0128 e. The van der Waals surface area contributed by atoms with Gasteiger partial charge in [-0.25, -0.2) is 0 Å². The average Bonchev–Trinajstić information content (AvgIpc) is 2.51. The lowest BCUT2D eigenvalue weighted by molar-refractivity contribution is 0.215. The van der Waals surface area contributed by atoms with Crippen molar-refractivity contribution in [3.63, 3.8) is 0 Å². The number of nitrogens with zero attached hydrogens (tertiary/aromatic N) is 1. The molecule has 0 aromatic heterocycles. The van der Waals surface area contributed by atoms with Crippen LogP contribution in [-0.4, -0.2) is 37.1 Å². The van der Waals surface area contributed by atoms with E-state index in [1.807, 2.05) is 0 Å². The van der Waals surface area contributed by atoms with Crippen molar-refractivity contribution in [3.05, 3.63) is 0 Å². The van der Waals surface area contributed by atoms with Gasteiger partial charge in [0, 0.05) is 12.6 Å². The Kier molecular flexibility index (Phi) is 5.03. The number of hydrogen-bond donors (Lipinski definition) is 1. The summed E-state index contributed by atoms with van der Waals surface area (Å²) < 4.78 is 0. The molecule has 1 heterocycles. The summed E-state index contributed by atoms with van der Waals surface area (Å²) in [4.78, 5) is 2.64. The van der Waals surface area contributed by atoms with Crippen molar-refractivity contribution >= 4 is 0 Å². The molecule has 0 aromatic carbocycles. The summed E-state index contributed by atoms with van der Waals surface area (Å²) in [6.45, 7) is 18.9. The average molecular weight is 240 g/mol. The van der Waals surface area contributed by atoms with E-state index in [2.05, 4.69) is 51.8 Å². The van der Waals surface area contributed by atoms with Gasteiger partial charge in [-0.05, 0) is 43.3 Å². The first-order valence-electron chi connectivity index (χ1n) is 7.20. The van der Waals surface area contributed by atoms with Gasteiger partial charge in [0.25, 0.3) is 0 Å². The molecule has 2 heteroatoms. The van der Waals surface area contributed by atoms with Crippen LogP contribution in [0, 0.1) is 10.8 Å². The van der Waals surface area contributed by atoms with Gasteiger partial charge in [0.15, 0.2) is 0 Å². The minimum absolute atomic E-state index is 0.366. The smallest absolute Gasteiger partial charge is 0.0128 e. The van der Waals surface area contributed by atoms with Crippen LogP contribution in [0.5, 0.6) is 0 Å². The van der Waals surface area contributed by atoms with Crippen LogP contribution >= 0.6 is 0 Å². The molecule has 1 rings (SSSR count). The molecule has 0 bridgehead atoms. The molecule has 1 atom stereocenters. The molecule has 1 fully saturated rings. The van der Waals surface area contributed by atoms with E-state index in [0.29, 0.717) is 16.9 Å². The van der Waals surface area contributed by atoms with E-state index in [1.54, 1.807) is 0 Å². The lowest BCUT2D eigenvalue weighted by Crippen LogP contribution is -2.42. The summed E-state index contributed by atoms with van der Waals surface area (Å²) in [6.07, 6.45) is 2.63. The van der Waals surface area contributed by atoms with Gasteiger partial charge in [0.1, 0.15) is 0 Å². The predicted molar refractivity (Wildman–Crippen MR) is 76.4 cm³/mol. The number of nitrogens with one attached hydrogen (secondary N) is 1. The van der Waals surface area contributed by atoms with E-state index in [9.17, 15) is 0 Å². The highest BCUT2D eigenvalue weighted by atomic mass is 15.2. The monoisotopic (exact) mass is 240 g/mol. The van der Waals surface area contributed by atoms with Gasteiger partial charge in [0.05, 0.1) is 0 Å². The van der Waals surface area contributed by atoms with Gasteiger partial charge in [-0.2, -0.15) is 0 Å².